The number of aromatic nitrogens is 2. The average Bonchev–Trinajstić information content (AvgIpc) is 2.80. The Labute approximate surface area is 91.1 Å². The number of carbonyl (C=O) groups is 1. The molecule has 16 heavy (non-hydrogen) atoms. The molecule has 0 saturated heterocycles. The van der Waals surface area contributed by atoms with E-state index < -0.39 is 0 Å². The number of aromatic amines is 1. The molecule has 4 nitrogen and oxygen atoms in total. The van der Waals surface area contributed by atoms with Crippen molar-refractivity contribution in [3.05, 3.63) is 30.0 Å². The first-order valence-corrected chi connectivity index (χ1v) is 4.96. The predicted octanol–water partition coefficient (Wildman–Crippen LogP) is 2.18. The Morgan fingerprint density at radius 1 is 1.31 bits per heavy atom. The highest BCUT2D eigenvalue weighted by Crippen LogP contribution is 2.30. The summed E-state index contributed by atoms with van der Waals surface area (Å²) in [5.41, 5.74) is 3.42. The number of benzene rings is 1. The van der Waals surface area contributed by atoms with Crippen LogP contribution in [0.1, 0.15) is 10.5 Å². The molecule has 2 heterocycles. The van der Waals surface area contributed by atoms with Crippen LogP contribution in [0.3, 0.4) is 0 Å². The molecular formula is C12H10N2O2. The molecular weight excluding hydrogens is 204 g/mol. The highest BCUT2D eigenvalue weighted by molar-refractivity contribution is 6.08. The molecule has 0 bridgehead atoms. The Hall–Kier alpha value is -2.23. The highest BCUT2D eigenvalue weighted by atomic mass is 16.3. The van der Waals surface area contributed by atoms with Crippen molar-refractivity contribution < 1.29 is 9.90 Å². The van der Waals surface area contributed by atoms with Crippen LogP contribution in [0.4, 0.5) is 0 Å². The molecule has 2 aromatic heterocycles. The number of carbonyl (C=O) groups excluding carboxylic acids is 1. The van der Waals surface area contributed by atoms with E-state index in [0.29, 0.717) is 5.69 Å². The molecule has 0 aliphatic carbocycles. The Morgan fingerprint density at radius 3 is 2.88 bits per heavy atom. The minimum absolute atomic E-state index is 0.224. The minimum Gasteiger partial charge on any atom is -0.508 e. The number of aldehydes is 1. The number of phenols is 1. The van der Waals surface area contributed by atoms with Crippen LogP contribution >= 0.6 is 0 Å². The maximum atomic E-state index is 10.7. The highest BCUT2D eigenvalue weighted by Gasteiger charge is 2.11. The molecule has 0 spiro atoms. The summed E-state index contributed by atoms with van der Waals surface area (Å²) >= 11 is 0. The third-order valence-corrected chi connectivity index (χ3v) is 2.92. The van der Waals surface area contributed by atoms with Crippen molar-refractivity contribution in [2.75, 3.05) is 0 Å². The molecule has 80 valence electrons. The summed E-state index contributed by atoms with van der Waals surface area (Å²) in [6.45, 7) is 0. The van der Waals surface area contributed by atoms with Crippen LogP contribution in [-0.2, 0) is 7.05 Å². The van der Waals surface area contributed by atoms with Gasteiger partial charge in [-0.25, -0.2) is 0 Å². The van der Waals surface area contributed by atoms with Gasteiger partial charge in [0.25, 0.3) is 0 Å². The van der Waals surface area contributed by atoms with Gasteiger partial charge in [0.15, 0.2) is 6.29 Å². The van der Waals surface area contributed by atoms with Crippen LogP contribution in [0.25, 0.3) is 21.9 Å². The average molecular weight is 214 g/mol. The monoisotopic (exact) mass is 214 g/mol. The smallest absolute Gasteiger partial charge is 0.166 e. The van der Waals surface area contributed by atoms with Crippen molar-refractivity contribution in [1.29, 1.82) is 0 Å². The van der Waals surface area contributed by atoms with E-state index in [4.69, 9.17) is 0 Å². The fourth-order valence-corrected chi connectivity index (χ4v) is 2.14. The van der Waals surface area contributed by atoms with E-state index in [1.807, 2.05) is 17.7 Å². The number of fused-ring (bicyclic) bond motifs is 3. The number of aryl methyl sites for hydroxylation is 1. The fraction of sp³-hybridized carbons (Fsp3) is 0.0833. The lowest BCUT2D eigenvalue weighted by molar-refractivity contribution is 0.112. The second kappa shape index (κ2) is 2.88. The molecule has 0 fully saturated rings. The second-order valence-electron chi connectivity index (χ2n) is 3.86. The molecule has 2 N–H and O–H groups in total. The van der Waals surface area contributed by atoms with Gasteiger partial charge in [0, 0.05) is 12.4 Å². The van der Waals surface area contributed by atoms with Gasteiger partial charge < -0.3 is 14.7 Å². The molecule has 0 amide bonds. The number of aromatic hydroxyl groups is 1. The van der Waals surface area contributed by atoms with Crippen LogP contribution in [0.5, 0.6) is 5.75 Å². The van der Waals surface area contributed by atoms with E-state index in [-0.39, 0.29) is 5.75 Å². The van der Waals surface area contributed by atoms with Gasteiger partial charge in [-0.1, -0.05) is 0 Å². The van der Waals surface area contributed by atoms with Crippen molar-refractivity contribution in [2.24, 2.45) is 7.05 Å². The number of phenolic OH excluding ortho intramolecular Hbond substituents is 1. The van der Waals surface area contributed by atoms with Crippen molar-refractivity contribution in [1.82, 2.24) is 9.55 Å². The van der Waals surface area contributed by atoms with Gasteiger partial charge >= 0.3 is 0 Å². The minimum atomic E-state index is 0.224. The van der Waals surface area contributed by atoms with E-state index in [0.717, 1.165) is 28.2 Å². The zero-order chi connectivity index (χ0) is 11.3. The summed E-state index contributed by atoms with van der Waals surface area (Å²) < 4.78 is 1.99. The molecule has 0 atom stereocenters. The van der Waals surface area contributed by atoms with Gasteiger partial charge in [0.2, 0.25) is 0 Å². The molecule has 0 aliphatic rings. The van der Waals surface area contributed by atoms with Gasteiger partial charge in [0.05, 0.1) is 22.2 Å². The number of rotatable bonds is 1. The largest absolute Gasteiger partial charge is 0.508 e. The topological polar surface area (TPSA) is 58.0 Å². The zero-order valence-electron chi connectivity index (χ0n) is 8.69. The van der Waals surface area contributed by atoms with Gasteiger partial charge in [-0.05, 0) is 24.3 Å². The standard InChI is InChI=1S/C12H10N2O2/c1-14-10-3-2-8(16)5-9(10)12-11(14)4-7(6-15)13-12/h2-6,13,16H,1H3. The van der Waals surface area contributed by atoms with Crippen LogP contribution < -0.4 is 0 Å². The van der Waals surface area contributed by atoms with E-state index in [2.05, 4.69) is 4.98 Å². The van der Waals surface area contributed by atoms with Crippen molar-refractivity contribution >= 4 is 28.2 Å². The van der Waals surface area contributed by atoms with E-state index in [1.165, 1.54) is 0 Å². The summed E-state index contributed by atoms with van der Waals surface area (Å²) in [7, 11) is 1.93. The lowest BCUT2D eigenvalue weighted by Gasteiger charge is -1.97. The first-order valence-electron chi connectivity index (χ1n) is 4.96. The third kappa shape index (κ3) is 1.01. The summed E-state index contributed by atoms with van der Waals surface area (Å²) in [6, 6.07) is 7.02. The summed E-state index contributed by atoms with van der Waals surface area (Å²) in [6.07, 6.45) is 0.786. The van der Waals surface area contributed by atoms with Crippen LogP contribution in [-0.4, -0.2) is 20.9 Å². The first-order chi connectivity index (χ1) is 7.70. The van der Waals surface area contributed by atoms with Crippen molar-refractivity contribution in [3.63, 3.8) is 0 Å². The Kier molecular flexibility index (Phi) is 1.63. The number of hydrogen-bond acceptors (Lipinski definition) is 2. The third-order valence-electron chi connectivity index (χ3n) is 2.92. The number of nitrogens with one attached hydrogen (secondary N) is 1. The maximum Gasteiger partial charge on any atom is 0.166 e. The molecule has 4 heteroatoms. The normalized spacial score (nSPS) is 11.3. The molecule has 1 aromatic carbocycles. The van der Waals surface area contributed by atoms with Crippen molar-refractivity contribution in [3.8, 4) is 5.75 Å². The van der Waals surface area contributed by atoms with Crippen LogP contribution in [0, 0.1) is 0 Å². The fourth-order valence-electron chi connectivity index (χ4n) is 2.14. The van der Waals surface area contributed by atoms with Crippen LogP contribution in [0.2, 0.25) is 0 Å². The van der Waals surface area contributed by atoms with E-state index in [9.17, 15) is 9.90 Å². The van der Waals surface area contributed by atoms with E-state index in [1.54, 1.807) is 18.2 Å². The van der Waals surface area contributed by atoms with Gasteiger partial charge in [-0.15, -0.1) is 0 Å². The predicted molar refractivity (Wildman–Crippen MR) is 61.8 cm³/mol. The van der Waals surface area contributed by atoms with Gasteiger partial charge in [-0.3, -0.25) is 4.79 Å². The Balaban J connectivity index is 2.54. The molecule has 0 radical (unpaired) electrons. The summed E-state index contributed by atoms with van der Waals surface area (Å²) in [5, 5.41) is 10.4. The SMILES string of the molecule is Cn1c2ccc(O)cc2c2[nH]c(C=O)cc21. The second-order valence-corrected chi connectivity index (χ2v) is 3.86. The van der Waals surface area contributed by atoms with Gasteiger partial charge in [-0.2, -0.15) is 0 Å². The van der Waals surface area contributed by atoms with E-state index >= 15 is 0 Å². The number of H-pyrrole nitrogens is 1. The van der Waals surface area contributed by atoms with Crippen LogP contribution in [0.15, 0.2) is 24.3 Å². The lowest BCUT2D eigenvalue weighted by Crippen LogP contribution is -1.85. The number of nitrogens with zero attached hydrogens (tertiary/aromatic N) is 1. The molecule has 0 aliphatic heterocycles. The quantitative estimate of drug-likeness (QED) is 0.610. The Bertz CT molecular complexity index is 707. The molecule has 3 aromatic rings. The first kappa shape index (κ1) is 9.03. The number of hydrogen-bond donors (Lipinski definition) is 2. The maximum absolute atomic E-state index is 10.7. The zero-order valence-corrected chi connectivity index (χ0v) is 8.69. The van der Waals surface area contributed by atoms with Gasteiger partial charge in [0.1, 0.15) is 5.75 Å². The molecule has 3 rings (SSSR count). The molecule has 0 unspecified atom stereocenters. The Morgan fingerprint density at radius 2 is 2.12 bits per heavy atom. The lowest BCUT2D eigenvalue weighted by atomic mass is 10.2. The summed E-state index contributed by atoms with van der Waals surface area (Å²) in [5.74, 6) is 0.224. The summed E-state index contributed by atoms with van der Waals surface area (Å²) in [4.78, 5) is 13.7. The molecule has 0 saturated carbocycles. The van der Waals surface area contributed by atoms with Crippen molar-refractivity contribution in [2.45, 2.75) is 0 Å².